The lowest BCUT2D eigenvalue weighted by Gasteiger charge is -2.32. The fourth-order valence-corrected chi connectivity index (χ4v) is 3.23. The van der Waals surface area contributed by atoms with E-state index in [2.05, 4.69) is 0 Å². The number of carbonyl (C=O) groups is 1. The summed E-state index contributed by atoms with van der Waals surface area (Å²) in [6.07, 6.45) is -1.32. The number of carbonyl (C=O) groups excluding carboxylic acids is 1. The second-order valence-corrected chi connectivity index (χ2v) is 7.11. The smallest absolute Gasteiger partial charge is 0.400 e. The van der Waals surface area contributed by atoms with Crippen LogP contribution < -0.4 is 9.47 Å². The summed E-state index contributed by atoms with van der Waals surface area (Å²) in [6.45, 7) is 2.02. The van der Waals surface area contributed by atoms with Crippen LogP contribution in [0.5, 0.6) is 11.5 Å². The van der Waals surface area contributed by atoms with Crippen LogP contribution in [-0.2, 0) is 0 Å². The molecule has 1 fully saturated rings. The van der Waals surface area contributed by atoms with E-state index in [1.54, 1.807) is 0 Å². The van der Waals surface area contributed by atoms with Crippen LogP contribution in [0.2, 0.25) is 0 Å². The van der Waals surface area contributed by atoms with E-state index in [0.29, 0.717) is 31.6 Å². The summed E-state index contributed by atoms with van der Waals surface area (Å²) < 4.78 is 65.6. The van der Waals surface area contributed by atoms with Crippen molar-refractivity contribution in [3.8, 4) is 11.5 Å². The highest BCUT2D eigenvalue weighted by Gasteiger charge is 2.43. The first-order valence-electron chi connectivity index (χ1n) is 9.08. The first kappa shape index (κ1) is 22.7. The van der Waals surface area contributed by atoms with Gasteiger partial charge in [-0.05, 0) is 55.2 Å². The van der Waals surface area contributed by atoms with E-state index in [1.165, 1.54) is 12.1 Å². The van der Waals surface area contributed by atoms with Gasteiger partial charge in [0.1, 0.15) is 23.1 Å². The van der Waals surface area contributed by atoms with Crippen molar-refractivity contribution < 1.29 is 33.3 Å². The van der Waals surface area contributed by atoms with Crippen molar-refractivity contribution in [2.75, 3.05) is 0 Å². The molecule has 0 unspecified atom stereocenters. The average molecular weight is 414 g/mol. The minimum absolute atomic E-state index is 0. The monoisotopic (exact) mass is 414 g/mol. The Morgan fingerprint density at radius 2 is 1.59 bits per heavy atom. The molecule has 2 aromatic carbocycles. The zero-order valence-electron chi connectivity index (χ0n) is 15.3. The van der Waals surface area contributed by atoms with Crippen molar-refractivity contribution in [2.45, 2.75) is 46.1 Å². The molecular weight excluding hydrogens is 388 g/mol. The van der Waals surface area contributed by atoms with Gasteiger partial charge in [0, 0.05) is 7.49 Å². The van der Waals surface area contributed by atoms with Crippen LogP contribution in [0.15, 0.2) is 42.5 Å². The number of hydrogen-bond donors (Lipinski definition) is 0. The van der Waals surface area contributed by atoms with Crippen molar-refractivity contribution in [3.63, 3.8) is 0 Å². The van der Waals surface area contributed by atoms with Gasteiger partial charge < -0.3 is 9.47 Å². The van der Waals surface area contributed by atoms with Crippen LogP contribution in [0.3, 0.4) is 0 Å². The molecule has 3 nitrogen and oxygen atoms in total. The summed E-state index contributed by atoms with van der Waals surface area (Å²) >= 11 is 0. The summed E-state index contributed by atoms with van der Waals surface area (Å²) in [5.41, 5.74) is -0.438. The lowest BCUT2D eigenvalue weighted by molar-refractivity contribution is -0.223. The van der Waals surface area contributed by atoms with Gasteiger partial charge in [-0.2, -0.15) is 8.78 Å². The maximum Gasteiger partial charge on any atom is 0.400 e. The quantitative estimate of drug-likeness (QED) is 0.304. The van der Waals surface area contributed by atoms with Crippen LogP contribution >= 0.6 is 0 Å². The molecule has 1 aliphatic carbocycles. The van der Waals surface area contributed by atoms with E-state index in [-0.39, 0.29) is 20.4 Å². The van der Waals surface area contributed by atoms with Crippen molar-refractivity contribution in [3.05, 3.63) is 59.7 Å². The predicted octanol–water partition coefficient (Wildman–Crippen LogP) is 6.86. The van der Waals surface area contributed by atoms with Gasteiger partial charge >= 0.3 is 12.1 Å². The summed E-state index contributed by atoms with van der Waals surface area (Å²) in [4.78, 5) is 12.0. The van der Waals surface area contributed by atoms with E-state index in [9.17, 15) is 22.4 Å². The van der Waals surface area contributed by atoms with Crippen molar-refractivity contribution in [2.24, 2.45) is 11.8 Å². The number of esters is 1. The van der Waals surface area contributed by atoms with Gasteiger partial charge in [0.2, 0.25) is 0 Å². The van der Waals surface area contributed by atoms with Crippen molar-refractivity contribution >= 4 is 5.97 Å². The molecule has 0 radical (unpaired) electrons. The predicted molar refractivity (Wildman–Crippen MR) is 103 cm³/mol. The van der Waals surface area contributed by atoms with Gasteiger partial charge in [0.25, 0.3) is 0 Å². The molecule has 0 N–H and O–H groups in total. The van der Waals surface area contributed by atoms with Crippen LogP contribution in [0.1, 0.15) is 51.8 Å². The van der Waals surface area contributed by atoms with E-state index in [1.807, 2.05) is 6.92 Å². The van der Waals surface area contributed by atoms with Crippen LogP contribution in [0.4, 0.5) is 17.6 Å². The number of alkyl halides is 2. The fourth-order valence-electron chi connectivity index (χ4n) is 3.23. The molecule has 0 amide bonds. The Labute approximate surface area is 169 Å². The largest absolute Gasteiger partial charge is 0.432 e. The van der Waals surface area contributed by atoms with Crippen LogP contribution in [-0.4, -0.2) is 12.1 Å². The SMILES string of the molecule is C.CC1CCC(C(F)(F)Oc2ccc(C(=O)Oc3ccc(F)cc3)c(F)c2)CC1.[HH]. The van der Waals surface area contributed by atoms with E-state index in [4.69, 9.17) is 9.47 Å². The molecule has 0 aromatic heterocycles. The summed E-state index contributed by atoms with van der Waals surface area (Å²) in [6, 6.07) is 7.47. The summed E-state index contributed by atoms with van der Waals surface area (Å²) in [7, 11) is 0. The molecule has 0 spiro atoms. The lowest BCUT2D eigenvalue weighted by atomic mass is 9.82. The standard InChI is InChI=1S/C21H20F4O3.CH4.H2/c1-13-2-4-14(5-3-13)21(24,25)28-17-10-11-18(19(23)12-17)20(26)27-16-8-6-15(22)7-9-16;;/h6-14H,2-5H2,1H3;1H4;1H. The van der Waals surface area contributed by atoms with Gasteiger partial charge in [-0.1, -0.05) is 27.2 Å². The molecular formula is C22H26F4O3. The molecule has 0 aliphatic heterocycles. The maximum atomic E-state index is 14.4. The summed E-state index contributed by atoms with van der Waals surface area (Å²) in [5.74, 6) is -3.42. The Bertz CT molecular complexity index is 835. The van der Waals surface area contributed by atoms with Crippen molar-refractivity contribution in [1.29, 1.82) is 0 Å². The molecule has 1 saturated carbocycles. The number of rotatable bonds is 5. The molecule has 160 valence electrons. The van der Waals surface area contributed by atoms with Crippen LogP contribution in [0, 0.1) is 23.5 Å². The normalized spacial score (nSPS) is 19.2. The second-order valence-electron chi connectivity index (χ2n) is 7.11. The van der Waals surface area contributed by atoms with Gasteiger partial charge in [0.15, 0.2) is 0 Å². The molecule has 0 saturated heterocycles. The molecule has 3 rings (SSSR count). The Kier molecular flexibility index (Phi) is 7.27. The average Bonchev–Trinajstić information content (AvgIpc) is 2.63. The first-order valence-corrected chi connectivity index (χ1v) is 9.08. The highest BCUT2D eigenvalue weighted by Crippen LogP contribution is 2.40. The highest BCUT2D eigenvalue weighted by molar-refractivity contribution is 5.91. The number of halogens is 4. The van der Waals surface area contributed by atoms with Gasteiger partial charge in [-0.3, -0.25) is 0 Å². The third-order valence-electron chi connectivity index (χ3n) is 4.93. The van der Waals surface area contributed by atoms with Gasteiger partial charge in [-0.25, -0.2) is 13.6 Å². The topological polar surface area (TPSA) is 35.5 Å². The Morgan fingerprint density at radius 1 is 1.00 bits per heavy atom. The molecule has 1 aliphatic rings. The fraction of sp³-hybridized carbons (Fsp3) is 0.409. The number of benzene rings is 2. The molecule has 29 heavy (non-hydrogen) atoms. The molecule has 7 heteroatoms. The Balaban J connectivity index is 0.00000225. The minimum Gasteiger partial charge on any atom is -0.432 e. The molecule has 0 bridgehead atoms. The zero-order chi connectivity index (χ0) is 20.3. The third-order valence-corrected chi connectivity index (χ3v) is 4.93. The number of ether oxygens (including phenoxy) is 2. The maximum absolute atomic E-state index is 14.4. The summed E-state index contributed by atoms with van der Waals surface area (Å²) in [5, 5.41) is 0. The zero-order valence-corrected chi connectivity index (χ0v) is 15.3. The van der Waals surface area contributed by atoms with E-state index >= 15 is 0 Å². The van der Waals surface area contributed by atoms with E-state index in [0.717, 1.165) is 30.3 Å². The Hall–Kier alpha value is -2.57. The second kappa shape index (κ2) is 9.29. The molecule has 2 aromatic rings. The minimum atomic E-state index is -3.41. The van der Waals surface area contributed by atoms with E-state index < -0.39 is 35.2 Å². The third kappa shape index (κ3) is 5.71. The lowest BCUT2D eigenvalue weighted by Crippen LogP contribution is -2.37. The molecule has 0 heterocycles. The molecule has 0 atom stereocenters. The highest BCUT2D eigenvalue weighted by atomic mass is 19.3. The van der Waals surface area contributed by atoms with Gasteiger partial charge in [-0.15, -0.1) is 0 Å². The Morgan fingerprint density at radius 3 is 2.17 bits per heavy atom. The van der Waals surface area contributed by atoms with Crippen LogP contribution in [0.25, 0.3) is 0 Å². The number of hydrogen-bond acceptors (Lipinski definition) is 3. The van der Waals surface area contributed by atoms with Gasteiger partial charge in [0.05, 0.1) is 11.5 Å². The first-order chi connectivity index (χ1) is 13.2. The van der Waals surface area contributed by atoms with Crippen molar-refractivity contribution in [1.82, 2.24) is 0 Å².